The molecule has 1 heteroatoms. The smallest absolute Gasteiger partial charge is 0.00429 e. The Morgan fingerprint density at radius 3 is 2.15 bits per heavy atom. The van der Waals surface area contributed by atoms with Crippen LogP contribution in [0.15, 0.2) is 12.4 Å². The zero-order valence-corrected chi connectivity index (χ0v) is 9.06. The minimum atomic E-state index is 0.779. The molecule has 1 aromatic rings. The summed E-state index contributed by atoms with van der Waals surface area (Å²) in [6, 6.07) is 0. The van der Waals surface area contributed by atoms with Gasteiger partial charge in [-0.3, -0.25) is 0 Å². The summed E-state index contributed by atoms with van der Waals surface area (Å²) >= 11 is 0. The minimum absolute atomic E-state index is 0.779. The summed E-state index contributed by atoms with van der Waals surface area (Å²) in [4.78, 5) is 3.20. The lowest BCUT2D eigenvalue weighted by atomic mass is 9.90. The van der Waals surface area contributed by atoms with Gasteiger partial charge in [-0.1, -0.05) is 26.7 Å². The van der Waals surface area contributed by atoms with Crippen molar-refractivity contribution in [3.63, 3.8) is 0 Å². The predicted octanol–water partition coefficient (Wildman–Crippen LogP) is 4.01. The Balaban J connectivity index is 2.69. The molecular weight excluding hydrogens is 158 g/mol. The molecule has 1 N–H and O–H groups in total. The number of rotatable bonds is 5. The fourth-order valence-electron chi connectivity index (χ4n) is 2.05. The van der Waals surface area contributed by atoms with Crippen LogP contribution in [0.25, 0.3) is 0 Å². The molecule has 1 rings (SSSR count). The summed E-state index contributed by atoms with van der Waals surface area (Å²) in [7, 11) is 0. The molecule has 0 aliphatic carbocycles. The molecule has 74 valence electrons. The quantitative estimate of drug-likeness (QED) is 0.703. The van der Waals surface area contributed by atoms with Crippen LogP contribution in [0.5, 0.6) is 0 Å². The van der Waals surface area contributed by atoms with Gasteiger partial charge in [-0.15, -0.1) is 0 Å². The number of aryl methyl sites for hydroxylation is 1. The second-order valence-corrected chi connectivity index (χ2v) is 3.87. The highest BCUT2D eigenvalue weighted by Crippen LogP contribution is 2.28. The number of aromatic nitrogens is 1. The molecule has 0 atom stereocenters. The molecule has 1 aromatic heterocycles. The van der Waals surface area contributed by atoms with E-state index >= 15 is 0 Å². The van der Waals surface area contributed by atoms with E-state index in [9.17, 15) is 0 Å². The molecule has 0 saturated heterocycles. The average molecular weight is 179 g/mol. The Labute approximate surface area is 81.6 Å². The second kappa shape index (κ2) is 5.11. The molecule has 0 aliphatic rings. The van der Waals surface area contributed by atoms with Crippen molar-refractivity contribution >= 4 is 0 Å². The highest BCUT2D eigenvalue weighted by molar-refractivity contribution is 5.25. The first-order valence-electron chi connectivity index (χ1n) is 5.42. The lowest BCUT2D eigenvalue weighted by molar-refractivity contribution is 0.559. The fraction of sp³-hybridized carbons (Fsp3) is 0.667. The number of aromatic amines is 1. The monoisotopic (exact) mass is 179 g/mol. The molecule has 0 amide bonds. The Bertz CT molecular complexity index is 231. The van der Waals surface area contributed by atoms with Gasteiger partial charge >= 0.3 is 0 Å². The third-order valence-corrected chi connectivity index (χ3v) is 2.71. The molecule has 0 aliphatic heterocycles. The van der Waals surface area contributed by atoms with Gasteiger partial charge in [0.2, 0.25) is 0 Å². The Hall–Kier alpha value is -0.720. The van der Waals surface area contributed by atoms with E-state index in [0.717, 1.165) is 5.92 Å². The van der Waals surface area contributed by atoms with Crippen LogP contribution in [0.3, 0.4) is 0 Å². The summed E-state index contributed by atoms with van der Waals surface area (Å²) in [5, 5.41) is 0. The largest absolute Gasteiger partial charge is 0.367 e. The summed E-state index contributed by atoms with van der Waals surface area (Å²) in [6.45, 7) is 6.74. The van der Waals surface area contributed by atoms with Crippen LogP contribution >= 0.6 is 0 Å². The third kappa shape index (κ3) is 2.61. The van der Waals surface area contributed by atoms with Gasteiger partial charge in [-0.25, -0.2) is 0 Å². The summed E-state index contributed by atoms with van der Waals surface area (Å²) in [6.07, 6.45) is 9.50. The summed E-state index contributed by atoms with van der Waals surface area (Å²) < 4.78 is 0. The number of hydrogen-bond acceptors (Lipinski definition) is 0. The van der Waals surface area contributed by atoms with Crippen molar-refractivity contribution in [3.8, 4) is 0 Å². The third-order valence-electron chi connectivity index (χ3n) is 2.71. The SMILES string of the molecule is CCCC(CCC)c1c[nH]cc1C. The number of hydrogen-bond donors (Lipinski definition) is 1. The first-order valence-corrected chi connectivity index (χ1v) is 5.42. The topological polar surface area (TPSA) is 15.8 Å². The van der Waals surface area contributed by atoms with Crippen LogP contribution in [-0.2, 0) is 0 Å². The fourth-order valence-corrected chi connectivity index (χ4v) is 2.05. The highest BCUT2D eigenvalue weighted by Gasteiger charge is 2.12. The number of nitrogens with one attached hydrogen (secondary N) is 1. The van der Waals surface area contributed by atoms with Gasteiger partial charge in [-0.2, -0.15) is 0 Å². The van der Waals surface area contributed by atoms with Gasteiger partial charge < -0.3 is 4.98 Å². The zero-order chi connectivity index (χ0) is 9.68. The molecule has 0 aromatic carbocycles. The molecule has 0 radical (unpaired) electrons. The van der Waals surface area contributed by atoms with Crippen molar-refractivity contribution in [2.75, 3.05) is 0 Å². The van der Waals surface area contributed by atoms with Crippen molar-refractivity contribution in [1.29, 1.82) is 0 Å². The minimum Gasteiger partial charge on any atom is -0.367 e. The maximum atomic E-state index is 3.20. The van der Waals surface area contributed by atoms with Crippen LogP contribution in [0, 0.1) is 6.92 Å². The van der Waals surface area contributed by atoms with Crippen molar-refractivity contribution < 1.29 is 0 Å². The summed E-state index contributed by atoms with van der Waals surface area (Å²) in [5.74, 6) is 0.779. The van der Waals surface area contributed by atoms with Crippen molar-refractivity contribution in [2.24, 2.45) is 0 Å². The van der Waals surface area contributed by atoms with Gasteiger partial charge in [0.25, 0.3) is 0 Å². The van der Waals surface area contributed by atoms with E-state index in [1.807, 2.05) is 0 Å². The molecule has 0 fully saturated rings. The standard InChI is InChI=1S/C12H21N/c1-4-6-11(7-5-2)12-9-13-8-10(12)3/h8-9,11,13H,4-7H2,1-3H3. The Kier molecular flexibility index (Phi) is 4.07. The normalized spacial score (nSPS) is 11.1. The van der Waals surface area contributed by atoms with E-state index in [1.165, 1.54) is 36.8 Å². The zero-order valence-electron chi connectivity index (χ0n) is 9.06. The van der Waals surface area contributed by atoms with E-state index in [1.54, 1.807) is 0 Å². The van der Waals surface area contributed by atoms with Gasteiger partial charge in [-0.05, 0) is 36.8 Å². The Morgan fingerprint density at radius 1 is 1.15 bits per heavy atom. The van der Waals surface area contributed by atoms with Crippen molar-refractivity contribution in [2.45, 2.75) is 52.4 Å². The maximum absolute atomic E-state index is 3.20. The van der Waals surface area contributed by atoms with Crippen LogP contribution in [-0.4, -0.2) is 4.98 Å². The average Bonchev–Trinajstić information content (AvgIpc) is 2.51. The van der Waals surface area contributed by atoms with E-state index in [-0.39, 0.29) is 0 Å². The maximum Gasteiger partial charge on any atom is 0.00429 e. The summed E-state index contributed by atoms with van der Waals surface area (Å²) in [5.41, 5.74) is 2.95. The van der Waals surface area contributed by atoms with Crippen molar-refractivity contribution in [1.82, 2.24) is 4.98 Å². The van der Waals surface area contributed by atoms with Crippen LogP contribution in [0.1, 0.15) is 56.6 Å². The van der Waals surface area contributed by atoms with Gasteiger partial charge in [0.1, 0.15) is 0 Å². The molecule has 0 unspecified atom stereocenters. The van der Waals surface area contributed by atoms with Crippen molar-refractivity contribution in [3.05, 3.63) is 23.5 Å². The first kappa shape index (κ1) is 10.4. The molecule has 13 heavy (non-hydrogen) atoms. The molecule has 0 bridgehead atoms. The van der Waals surface area contributed by atoms with Gasteiger partial charge in [0, 0.05) is 12.4 Å². The van der Waals surface area contributed by atoms with E-state index in [2.05, 4.69) is 38.1 Å². The lowest BCUT2D eigenvalue weighted by Gasteiger charge is -2.14. The lowest BCUT2D eigenvalue weighted by Crippen LogP contribution is -1.98. The van der Waals surface area contributed by atoms with E-state index in [0.29, 0.717) is 0 Å². The Morgan fingerprint density at radius 2 is 1.77 bits per heavy atom. The molecule has 0 saturated carbocycles. The second-order valence-electron chi connectivity index (χ2n) is 3.87. The van der Waals surface area contributed by atoms with Crippen LogP contribution in [0.4, 0.5) is 0 Å². The molecule has 0 spiro atoms. The van der Waals surface area contributed by atoms with E-state index in [4.69, 9.17) is 0 Å². The van der Waals surface area contributed by atoms with Crippen LogP contribution < -0.4 is 0 Å². The molecule has 1 nitrogen and oxygen atoms in total. The first-order chi connectivity index (χ1) is 6.29. The van der Waals surface area contributed by atoms with Gasteiger partial charge in [0.15, 0.2) is 0 Å². The number of H-pyrrole nitrogens is 1. The van der Waals surface area contributed by atoms with Gasteiger partial charge in [0.05, 0.1) is 0 Å². The highest BCUT2D eigenvalue weighted by atomic mass is 14.6. The van der Waals surface area contributed by atoms with Crippen LogP contribution in [0.2, 0.25) is 0 Å². The molecular formula is C12H21N. The van der Waals surface area contributed by atoms with E-state index < -0.39 is 0 Å². The predicted molar refractivity (Wildman–Crippen MR) is 58.1 cm³/mol. The molecule has 1 heterocycles.